The van der Waals surface area contributed by atoms with Crippen LogP contribution in [0.3, 0.4) is 0 Å². The van der Waals surface area contributed by atoms with Crippen LogP contribution in [0.2, 0.25) is 0 Å². The SMILES string of the molecule is O=C(NCc1nc(C2CC2)no1)c1ccc(NS(=O)(=O)c2ccc(F)cc2)cc1. The number of rotatable bonds is 7. The van der Waals surface area contributed by atoms with Crippen molar-refractivity contribution in [2.75, 3.05) is 4.72 Å². The second-order valence-corrected chi connectivity index (χ2v) is 8.32. The van der Waals surface area contributed by atoms with Gasteiger partial charge >= 0.3 is 0 Å². The molecule has 150 valence electrons. The molecule has 1 heterocycles. The first-order valence-electron chi connectivity index (χ1n) is 8.90. The Morgan fingerprint density at radius 1 is 1.10 bits per heavy atom. The lowest BCUT2D eigenvalue weighted by molar-refractivity contribution is 0.0946. The molecule has 1 aliphatic carbocycles. The van der Waals surface area contributed by atoms with Crippen molar-refractivity contribution in [2.24, 2.45) is 0 Å². The Morgan fingerprint density at radius 2 is 1.79 bits per heavy atom. The lowest BCUT2D eigenvalue weighted by Gasteiger charge is -2.09. The number of nitrogens with one attached hydrogen (secondary N) is 2. The highest BCUT2D eigenvalue weighted by Crippen LogP contribution is 2.38. The number of benzene rings is 2. The van der Waals surface area contributed by atoms with Gasteiger partial charge in [-0.25, -0.2) is 12.8 Å². The number of carbonyl (C=O) groups is 1. The van der Waals surface area contributed by atoms with Crippen molar-refractivity contribution in [1.82, 2.24) is 15.5 Å². The first-order chi connectivity index (χ1) is 13.9. The summed E-state index contributed by atoms with van der Waals surface area (Å²) in [5.41, 5.74) is 0.619. The molecule has 1 saturated carbocycles. The molecule has 4 rings (SSSR count). The summed E-state index contributed by atoms with van der Waals surface area (Å²) in [5.74, 6) is 0.498. The molecule has 0 atom stereocenters. The third-order valence-corrected chi connectivity index (χ3v) is 5.75. The maximum atomic E-state index is 13.0. The van der Waals surface area contributed by atoms with E-state index in [0.29, 0.717) is 23.2 Å². The van der Waals surface area contributed by atoms with Crippen molar-refractivity contribution in [3.8, 4) is 0 Å². The van der Waals surface area contributed by atoms with Crippen LogP contribution in [-0.2, 0) is 16.6 Å². The van der Waals surface area contributed by atoms with E-state index in [0.717, 1.165) is 25.0 Å². The molecular formula is C19H17FN4O4S. The number of amides is 1. The van der Waals surface area contributed by atoms with Crippen LogP contribution < -0.4 is 10.0 Å². The molecule has 1 aromatic heterocycles. The molecule has 1 amide bonds. The van der Waals surface area contributed by atoms with Crippen LogP contribution in [-0.4, -0.2) is 24.5 Å². The molecule has 0 radical (unpaired) electrons. The Hall–Kier alpha value is -3.27. The minimum Gasteiger partial charge on any atom is -0.343 e. The van der Waals surface area contributed by atoms with Crippen molar-refractivity contribution >= 4 is 21.6 Å². The van der Waals surface area contributed by atoms with Crippen molar-refractivity contribution < 1.29 is 22.1 Å². The van der Waals surface area contributed by atoms with Gasteiger partial charge in [0.05, 0.1) is 11.4 Å². The first kappa shape index (κ1) is 19.1. The summed E-state index contributed by atoms with van der Waals surface area (Å²) in [4.78, 5) is 16.4. The number of hydrogen-bond acceptors (Lipinski definition) is 6. The van der Waals surface area contributed by atoms with Crippen LogP contribution in [0, 0.1) is 5.82 Å². The summed E-state index contributed by atoms with van der Waals surface area (Å²) in [7, 11) is -3.85. The largest absolute Gasteiger partial charge is 0.343 e. The fourth-order valence-electron chi connectivity index (χ4n) is 2.62. The van der Waals surface area contributed by atoms with Crippen molar-refractivity contribution in [1.29, 1.82) is 0 Å². The van der Waals surface area contributed by atoms with Gasteiger partial charge in [0, 0.05) is 17.2 Å². The number of nitrogens with zero attached hydrogens (tertiary/aromatic N) is 2. The Morgan fingerprint density at radius 3 is 2.45 bits per heavy atom. The summed E-state index contributed by atoms with van der Waals surface area (Å²) < 4.78 is 45.1. The van der Waals surface area contributed by atoms with Gasteiger partial charge in [-0.1, -0.05) is 5.16 Å². The number of sulfonamides is 1. The molecule has 3 aromatic rings. The molecule has 0 spiro atoms. The smallest absolute Gasteiger partial charge is 0.261 e. The van der Waals surface area contributed by atoms with Gasteiger partial charge in [0.2, 0.25) is 5.89 Å². The molecule has 10 heteroatoms. The van der Waals surface area contributed by atoms with Crippen molar-refractivity contribution in [3.63, 3.8) is 0 Å². The topological polar surface area (TPSA) is 114 Å². The van der Waals surface area contributed by atoms with Crippen LogP contribution in [0.15, 0.2) is 57.9 Å². The summed E-state index contributed by atoms with van der Waals surface area (Å²) in [6, 6.07) is 10.4. The average Bonchev–Trinajstić information content (AvgIpc) is 3.45. The Bertz CT molecular complexity index is 1120. The Labute approximate surface area is 166 Å². The molecule has 29 heavy (non-hydrogen) atoms. The van der Waals surface area contributed by atoms with Crippen LogP contribution in [0.1, 0.15) is 40.8 Å². The Kier molecular flexibility index (Phi) is 5.01. The van der Waals surface area contributed by atoms with Crippen molar-refractivity contribution in [3.05, 3.63) is 71.6 Å². The fraction of sp³-hybridized carbons (Fsp3) is 0.211. The molecule has 0 aliphatic heterocycles. The summed E-state index contributed by atoms with van der Waals surface area (Å²) in [5, 5.41) is 6.56. The minimum absolute atomic E-state index is 0.0640. The van der Waals surface area contributed by atoms with Crippen LogP contribution in [0.4, 0.5) is 10.1 Å². The number of anilines is 1. The van der Waals surface area contributed by atoms with Crippen LogP contribution >= 0.6 is 0 Å². The van der Waals surface area contributed by atoms with E-state index in [2.05, 4.69) is 20.2 Å². The van der Waals surface area contributed by atoms with Gasteiger partial charge in [-0.2, -0.15) is 4.98 Å². The van der Waals surface area contributed by atoms with Gasteiger partial charge in [0.1, 0.15) is 5.82 Å². The first-order valence-corrected chi connectivity index (χ1v) is 10.4. The third-order valence-electron chi connectivity index (χ3n) is 4.35. The molecule has 0 unspecified atom stereocenters. The zero-order chi connectivity index (χ0) is 20.4. The number of carbonyl (C=O) groups excluding carboxylic acids is 1. The lowest BCUT2D eigenvalue weighted by Crippen LogP contribution is -2.23. The van der Waals surface area contributed by atoms with Gasteiger partial charge < -0.3 is 9.84 Å². The van der Waals surface area contributed by atoms with Gasteiger partial charge in [-0.15, -0.1) is 0 Å². The maximum Gasteiger partial charge on any atom is 0.261 e. The molecule has 2 N–H and O–H groups in total. The standard InChI is InChI=1S/C19H17FN4O4S/c20-14-5-9-16(10-6-14)29(26,27)24-15-7-3-13(4-8-15)19(25)21-11-17-22-18(23-28-17)12-1-2-12/h3-10,12,24H,1-2,11H2,(H,21,25). The van der Waals surface area contributed by atoms with E-state index in [1.165, 1.54) is 36.4 Å². The van der Waals surface area contributed by atoms with Crippen LogP contribution in [0.25, 0.3) is 0 Å². The highest BCUT2D eigenvalue weighted by molar-refractivity contribution is 7.92. The molecular weight excluding hydrogens is 399 g/mol. The van der Waals surface area contributed by atoms with E-state index < -0.39 is 15.8 Å². The number of hydrogen-bond donors (Lipinski definition) is 2. The molecule has 2 aromatic carbocycles. The second-order valence-electron chi connectivity index (χ2n) is 6.64. The quantitative estimate of drug-likeness (QED) is 0.612. The summed E-state index contributed by atoms with van der Waals surface area (Å²) in [6.45, 7) is 0.109. The molecule has 0 saturated heterocycles. The lowest BCUT2D eigenvalue weighted by atomic mass is 10.2. The van der Waals surface area contributed by atoms with E-state index in [9.17, 15) is 17.6 Å². The highest BCUT2D eigenvalue weighted by Gasteiger charge is 2.28. The zero-order valence-electron chi connectivity index (χ0n) is 15.1. The highest BCUT2D eigenvalue weighted by atomic mass is 32.2. The van der Waals surface area contributed by atoms with E-state index in [-0.39, 0.29) is 23.0 Å². The summed E-state index contributed by atoms with van der Waals surface area (Å²) in [6.07, 6.45) is 2.12. The minimum atomic E-state index is -3.85. The van der Waals surface area contributed by atoms with E-state index in [1.54, 1.807) is 0 Å². The Balaban J connectivity index is 1.36. The number of aromatic nitrogens is 2. The average molecular weight is 416 g/mol. The number of halogens is 1. The normalized spacial score (nSPS) is 13.8. The second kappa shape index (κ2) is 7.63. The van der Waals surface area contributed by atoms with E-state index in [4.69, 9.17) is 4.52 Å². The maximum absolute atomic E-state index is 13.0. The van der Waals surface area contributed by atoms with Gasteiger partial charge in [-0.05, 0) is 61.4 Å². The van der Waals surface area contributed by atoms with Crippen LogP contribution in [0.5, 0.6) is 0 Å². The van der Waals surface area contributed by atoms with E-state index >= 15 is 0 Å². The predicted molar refractivity (Wildman–Crippen MR) is 101 cm³/mol. The summed E-state index contributed by atoms with van der Waals surface area (Å²) >= 11 is 0. The fourth-order valence-corrected chi connectivity index (χ4v) is 3.68. The zero-order valence-corrected chi connectivity index (χ0v) is 15.9. The molecule has 0 bridgehead atoms. The predicted octanol–water partition coefficient (Wildman–Crippen LogP) is 2.82. The molecule has 1 aliphatic rings. The van der Waals surface area contributed by atoms with Gasteiger partial charge in [0.15, 0.2) is 5.82 Å². The van der Waals surface area contributed by atoms with Gasteiger partial charge in [0.25, 0.3) is 15.9 Å². The third kappa shape index (κ3) is 4.60. The van der Waals surface area contributed by atoms with E-state index in [1.807, 2.05) is 0 Å². The molecule has 8 nitrogen and oxygen atoms in total. The van der Waals surface area contributed by atoms with Gasteiger partial charge in [-0.3, -0.25) is 9.52 Å². The molecule has 1 fully saturated rings. The monoisotopic (exact) mass is 416 g/mol. The van der Waals surface area contributed by atoms with Crippen molar-refractivity contribution in [2.45, 2.75) is 30.2 Å².